The summed E-state index contributed by atoms with van der Waals surface area (Å²) in [7, 11) is -4.13. The van der Waals surface area contributed by atoms with Crippen molar-refractivity contribution in [2.45, 2.75) is 35.6 Å². The Morgan fingerprint density at radius 3 is 2.60 bits per heavy atom. The normalized spacial score (nSPS) is 19.1. The van der Waals surface area contributed by atoms with Gasteiger partial charge >= 0.3 is 6.18 Å². The molecular weight excluding hydrogens is 534 g/mol. The van der Waals surface area contributed by atoms with E-state index in [0.717, 1.165) is 27.9 Å². The topological polar surface area (TPSA) is 105 Å². The monoisotopic (exact) mass is 549 g/mol. The zero-order chi connectivity index (χ0) is 25.4. The van der Waals surface area contributed by atoms with Gasteiger partial charge in [0.25, 0.3) is 10.0 Å². The van der Waals surface area contributed by atoms with E-state index in [4.69, 9.17) is 11.6 Å². The summed E-state index contributed by atoms with van der Waals surface area (Å²) in [6.07, 6.45) is -4.22. The molecule has 0 saturated carbocycles. The van der Waals surface area contributed by atoms with Gasteiger partial charge in [0.1, 0.15) is 28.4 Å². The van der Waals surface area contributed by atoms with Crippen molar-refractivity contribution in [2.24, 2.45) is 0 Å². The van der Waals surface area contributed by atoms with Gasteiger partial charge in [0.2, 0.25) is 5.91 Å². The number of alkyl halides is 4. The van der Waals surface area contributed by atoms with E-state index in [1.807, 2.05) is 0 Å². The van der Waals surface area contributed by atoms with Crippen molar-refractivity contribution in [3.8, 4) is 11.3 Å². The Bertz CT molecular complexity index is 1340. The Kier molecular flexibility index (Phi) is 7.09. The first-order valence-electron chi connectivity index (χ1n) is 9.98. The number of carbonyl (C=O) groups is 1. The van der Waals surface area contributed by atoms with Crippen LogP contribution in [0.2, 0.25) is 4.34 Å². The fourth-order valence-corrected chi connectivity index (χ4v) is 6.71. The van der Waals surface area contributed by atoms with E-state index in [9.17, 15) is 30.8 Å². The largest absolute Gasteiger partial charge is 0.433 e. The third-order valence-electron chi connectivity index (χ3n) is 5.14. The van der Waals surface area contributed by atoms with Crippen LogP contribution in [0.1, 0.15) is 17.8 Å². The van der Waals surface area contributed by atoms with E-state index in [1.165, 1.54) is 30.6 Å². The van der Waals surface area contributed by atoms with Crippen LogP contribution in [0.15, 0.2) is 47.1 Å². The number of hydrogen-bond donors (Lipinski definition) is 1. The Labute approximate surface area is 206 Å². The molecule has 1 N–H and O–H groups in total. The van der Waals surface area contributed by atoms with Crippen LogP contribution in [-0.2, 0) is 27.5 Å². The number of rotatable bonds is 6. The molecule has 0 unspecified atom stereocenters. The van der Waals surface area contributed by atoms with E-state index in [-0.39, 0.29) is 27.2 Å². The molecule has 1 amide bonds. The second-order valence-electron chi connectivity index (χ2n) is 7.52. The number of aromatic nitrogens is 3. The zero-order valence-corrected chi connectivity index (χ0v) is 19.9. The van der Waals surface area contributed by atoms with Crippen molar-refractivity contribution in [1.82, 2.24) is 24.6 Å². The van der Waals surface area contributed by atoms with E-state index in [1.54, 1.807) is 0 Å². The van der Waals surface area contributed by atoms with Crippen LogP contribution in [0.4, 0.5) is 17.6 Å². The molecule has 3 aromatic heterocycles. The van der Waals surface area contributed by atoms with Crippen molar-refractivity contribution in [2.75, 3.05) is 6.54 Å². The fourth-order valence-electron chi connectivity index (χ4n) is 3.47. The summed E-state index contributed by atoms with van der Waals surface area (Å²) < 4.78 is 79.0. The summed E-state index contributed by atoms with van der Waals surface area (Å²) in [5.41, 5.74) is -0.169. The lowest BCUT2D eigenvalue weighted by Crippen LogP contribution is -2.45. The number of thiophene rings is 1. The minimum absolute atomic E-state index is 0.0972. The van der Waals surface area contributed by atoms with Gasteiger partial charge in [0, 0.05) is 24.7 Å². The molecule has 4 rings (SSSR count). The first-order chi connectivity index (χ1) is 16.4. The van der Waals surface area contributed by atoms with Crippen molar-refractivity contribution in [3.63, 3.8) is 0 Å². The highest BCUT2D eigenvalue weighted by atomic mass is 35.5. The molecular formula is C20H16ClF4N5O3S2. The van der Waals surface area contributed by atoms with Crippen LogP contribution in [-0.4, -0.2) is 52.3 Å². The lowest BCUT2D eigenvalue weighted by molar-refractivity contribution is -0.141. The Morgan fingerprint density at radius 2 is 1.97 bits per heavy atom. The molecule has 0 bridgehead atoms. The smallest absolute Gasteiger partial charge is 0.349 e. The summed E-state index contributed by atoms with van der Waals surface area (Å²) in [5.74, 6) is -0.715. The molecule has 1 fully saturated rings. The highest BCUT2D eigenvalue weighted by molar-refractivity contribution is 7.91. The molecule has 1 aliphatic heterocycles. The van der Waals surface area contributed by atoms with Gasteiger partial charge in [-0.2, -0.15) is 17.5 Å². The quantitative estimate of drug-likeness (QED) is 0.470. The van der Waals surface area contributed by atoms with E-state index < -0.39 is 46.6 Å². The summed E-state index contributed by atoms with van der Waals surface area (Å²) in [6.45, 7) is -0.608. The fraction of sp³-hybridized carbons (Fsp3) is 0.300. The molecule has 1 saturated heterocycles. The highest BCUT2D eigenvalue weighted by Crippen LogP contribution is 2.33. The van der Waals surface area contributed by atoms with E-state index >= 15 is 0 Å². The van der Waals surface area contributed by atoms with Crippen LogP contribution < -0.4 is 5.32 Å². The summed E-state index contributed by atoms with van der Waals surface area (Å²) in [5, 5.41) is 2.54. The molecule has 0 aliphatic carbocycles. The van der Waals surface area contributed by atoms with Crippen molar-refractivity contribution < 1.29 is 30.8 Å². The molecule has 0 spiro atoms. The van der Waals surface area contributed by atoms with Crippen molar-refractivity contribution in [1.29, 1.82) is 0 Å². The first kappa shape index (κ1) is 25.4. The van der Waals surface area contributed by atoms with Crippen LogP contribution in [0.5, 0.6) is 0 Å². The van der Waals surface area contributed by atoms with Crippen molar-refractivity contribution in [3.05, 3.63) is 58.6 Å². The minimum atomic E-state index is -4.57. The third kappa shape index (κ3) is 5.60. The highest BCUT2D eigenvalue weighted by Gasteiger charge is 2.44. The summed E-state index contributed by atoms with van der Waals surface area (Å²) in [4.78, 5) is 24.2. The molecule has 2 atom stereocenters. The number of pyridine rings is 1. The summed E-state index contributed by atoms with van der Waals surface area (Å²) in [6, 6.07) is 4.90. The average molecular weight is 550 g/mol. The maximum absolute atomic E-state index is 14.1. The number of hydrogen-bond acceptors (Lipinski definition) is 7. The van der Waals surface area contributed by atoms with Gasteiger partial charge in [0.15, 0.2) is 0 Å². The first-order valence-corrected chi connectivity index (χ1v) is 12.6. The van der Waals surface area contributed by atoms with E-state index in [2.05, 4.69) is 20.3 Å². The molecule has 8 nitrogen and oxygen atoms in total. The number of amides is 1. The number of nitrogens with zero attached hydrogens (tertiary/aromatic N) is 4. The SMILES string of the molecule is O=C(NCc1cc(-c2ccc(C(F)(F)F)nc2)ncn1)[C@@H]1C[C@@H](F)CN1S(=O)(=O)c1ccc(Cl)s1. The minimum Gasteiger partial charge on any atom is -0.349 e. The Hall–Kier alpha value is -2.68. The van der Waals surface area contributed by atoms with Crippen LogP contribution in [0, 0.1) is 0 Å². The lowest BCUT2D eigenvalue weighted by atomic mass is 10.1. The molecule has 0 radical (unpaired) electrons. The van der Waals surface area contributed by atoms with Crippen LogP contribution in [0.3, 0.4) is 0 Å². The predicted octanol–water partition coefficient (Wildman–Crippen LogP) is 3.69. The molecule has 4 heterocycles. The van der Waals surface area contributed by atoms with Gasteiger partial charge in [0.05, 0.1) is 22.3 Å². The second kappa shape index (κ2) is 9.76. The van der Waals surface area contributed by atoms with Gasteiger partial charge in [-0.15, -0.1) is 11.3 Å². The second-order valence-corrected chi connectivity index (χ2v) is 11.4. The molecule has 35 heavy (non-hydrogen) atoms. The van der Waals surface area contributed by atoms with Gasteiger partial charge in [-0.05, 0) is 30.3 Å². The van der Waals surface area contributed by atoms with Crippen LogP contribution >= 0.6 is 22.9 Å². The molecule has 3 aromatic rings. The molecule has 0 aromatic carbocycles. The van der Waals surface area contributed by atoms with Gasteiger partial charge in [-0.1, -0.05) is 11.6 Å². The number of halogens is 5. The predicted molar refractivity (Wildman–Crippen MR) is 119 cm³/mol. The molecule has 1 aliphatic rings. The molecule has 15 heteroatoms. The van der Waals surface area contributed by atoms with Crippen LogP contribution in [0.25, 0.3) is 11.3 Å². The average Bonchev–Trinajstić information content (AvgIpc) is 3.44. The third-order valence-corrected chi connectivity index (χ3v) is 8.71. The van der Waals surface area contributed by atoms with Gasteiger partial charge in [-0.3, -0.25) is 9.78 Å². The Morgan fingerprint density at radius 1 is 1.20 bits per heavy atom. The number of sulfonamides is 1. The Balaban J connectivity index is 1.46. The van der Waals surface area contributed by atoms with Gasteiger partial charge < -0.3 is 5.32 Å². The number of carbonyl (C=O) groups excluding carboxylic acids is 1. The maximum Gasteiger partial charge on any atom is 0.433 e. The van der Waals surface area contributed by atoms with Gasteiger partial charge in [-0.25, -0.2) is 22.8 Å². The summed E-state index contributed by atoms with van der Waals surface area (Å²) >= 11 is 6.62. The number of nitrogens with one attached hydrogen (secondary N) is 1. The van der Waals surface area contributed by atoms with Crippen molar-refractivity contribution >= 4 is 38.9 Å². The maximum atomic E-state index is 14.1. The zero-order valence-electron chi connectivity index (χ0n) is 17.5. The molecule has 186 valence electrons. The lowest BCUT2D eigenvalue weighted by Gasteiger charge is -2.22. The van der Waals surface area contributed by atoms with E-state index in [0.29, 0.717) is 11.3 Å². The standard InChI is InChI=1S/C20H16ClF4N5O3S2/c21-17-3-4-18(34-17)35(32,33)30-9-12(22)5-15(30)19(31)27-8-13-6-14(29-10-28-13)11-1-2-16(26-7-11)20(23,24)25/h1-4,6-7,10,12,15H,5,8-9H2,(H,27,31)/t12-,15+/m1/s1.